The van der Waals surface area contributed by atoms with E-state index in [1.807, 2.05) is 25.7 Å². The largest absolute Gasteiger partial charge is 0.368 e. The van der Waals surface area contributed by atoms with Gasteiger partial charge in [0.2, 0.25) is 0 Å². The average molecular weight is 333 g/mol. The number of aryl methyl sites for hydroxylation is 1. The van der Waals surface area contributed by atoms with Crippen molar-refractivity contribution in [2.75, 3.05) is 18.4 Å². The van der Waals surface area contributed by atoms with Crippen molar-refractivity contribution in [3.8, 4) is 0 Å². The maximum absolute atomic E-state index is 12.5. The summed E-state index contributed by atoms with van der Waals surface area (Å²) in [6.45, 7) is 7.15. The van der Waals surface area contributed by atoms with Crippen LogP contribution in [0.25, 0.3) is 0 Å². The van der Waals surface area contributed by atoms with Crippen LogP contribution in [0.3, 0.4) is 0 Å². The Morgan fingerprint density at radius 1 is 1.72 bits per heavy atom. The van der Waals surface area contributed by atoms with Gasteiger partial charge in [-0.3, -0.25) is 4.79 Å². The van der Waals surface area contributed by atoms with Crippen LogP contribution in [-0.4, -0.2) is 45.9 Å². The lowest BCUT2D eigenvalue weighted by atomic mass is 10.1. The molecule has 1 aromatic rings. The predicted octanol–water partition coefficient (Wildman–Crippen LogP) is 2.47. The topological polar surface area (TPSA) is 42.4 Å². The van der Waals surface area contributed by atoms with Crippen molar-refractivity contribution < 1.29 is 9.53 Å². The maximum Gasteiger partial charge on any atom is 0.266 e. The molecule has 100 valence electrons. The zero-order valence-electron chi connectivity index (χ0n) is 10.8. The molecule has 1 fully saturated rings. The molecule has 1 saturated heterocycles. The molecule has 1 unspecified atom stereocenters. The quantitative estimate of drug-likeness (QED) is 0.781. The van der Waals surface area contributed by atoms with Crippen LogP contribution in [0.5, 0.6) is 0 Å². The first kappa shape index (κ1) is 14.0. The van der Waals surface area contributed by atoms with Crippen LogP contribution in [0.1, 0.15) is 29.2 Å². The number of aromatic nitrogens is 1. The van der Waals surface area contributed by atoms with Crippen LogP contribution >= 0.6 is 27.3 Å². The summed E-state index contributed by atoms with van der Waals surface area (Å²) < 4.78 is 5.90. The Bertz CT molecular complexity index is 447. The first-order chi connectivity index (χ1) is 8.43. The van der Waals surface area contributed by atoms with E-state index >= 15 is 0 Å². The van der Waals surface area contributed by atoms with Gasteiger partial charge >= 0.3 is 0 Å². The van der Waals surface area contributed by atoms with Gasteiger partial charge < -0.3 is 9.64 Å². The fraction of sp³-hybridized carbons (Fsp3) is 0.667. The number of alkyl halides is 1. The van der Waals surface area contributed by atoms with Crippen LogP contribution in [0.2, 0.25) is 0 Å². The number of rotatable bonds is 2. The van der Waals surface area contributed by atoms with Gasteiger partial charge in [-0.1, -0.05) is 15.9 Å². The fourth-order valence-electron chi connectivity index (χ4n) is 2.18. The second-order valence-corrected chi connectivity index (χ2v) is 6.61. The van der Waals surface area contributed by atoms with Crippen molar-refractivity contribution in [1.82, 2.24) is 9.88 Å². The third-order valence-electron chi connectivity index (χ3n) is 2.88. The minimum absolute atomic E-state index is 0.0472. The number of ether oxygens (including phenoxy) is 1. The summed E-state index contributed by atoms with van der Waals surface area (Å²) in [6, 6.07) is 0. The van der Waals surface area contributed by atoms with Gasteiger partial charge in [0.05, 0.1) is 22.9 Å². The highest BCUT2D eigenvalue weighted by molar-refractivity contribution is 9.09. The summed E-state index contributed by atoms with van der Waals surface area (Å²) in [5.41, 5.74) is 2.23. The fourth-order valence-corrected chi connectivity index (χ4v) is 3.29. The molecule has 0 bridgehead atoms. The standard InChI is InChI=1S/C12H17BrN2O2S/c1-8-10(18-7-14-8)11(16)15-5-9(4-13)17-12(2,3)6-15/h7,9H,4-6H2,1-3H3. The number of carbonyl (C=O) groups excluding carboxylic acids is 1. The first-order valence-electron chi connectivity index (χ1n) is 5.86. The summed E-state index contributed by atoms with van der Waals surface area (Å²) in [4.78, 5) is 19.2. The van der Waals surface area contributed by atoms with Crippen LogP contribution < -0.4 is 0 Å². The van der Waals surface area contributed by atoms with E-state index in [2.05, 4.69) is 20.9 Å². The van der Waals surface area contributed by atoms with Gasteiger partial charge in [0.25, 0.3) is 5.91 Å². The van der Waals surface area contributed by atoms with Gasteiger partial charge in [-0.15, -0.1) is 11.3 Å². The Balaban J connectivity index is 2.17. The van der Waals surface area contributed by atoms with Crippen molar-refractivity contribution >= 4 is 33.2 Å². The molecule has 0 radical (unpaired) electrons. The molecule has 2 heterocycles. The lowest BCUT2D eigenvalue weighted by Crippen LogP contribution is -2.55. The molecule has 0 aromatic carbocycles. The van der Waals surface area contributed by atoms with Crippen molar-refractivity contribution in [2.24, 2.45) is 0 Å². The summed E-state index contributed by atoms with van der Waals surface area (Å²) in [5, 5.41) is 0.738. The number of morpholine rings is 1. The Hall–Kier alpha value is -0.460. The average Bonchev–Trinajstić information content (AvgIpc) is 2.72. The summed E-state index contributed by atoms with van der Waals surface area (Å²) >= 11 is 4.84. The molecule has 2 rings (SSSR count). The summed E-state index contributed by atoms with van der Waals surface area (Å²) in [6.07, 6.45) is 0.0472. The lowest BCUT2D eigenvalue weighted by molar-refractivity contribution is -0.116. The lowest BCUT2D eigenvalue weighted by Gasteiger charge is -2.42. The Morgan fingerprint density at radius 3 is 3.00 bits per heavy atom. The molecule has 0 saturated carbocycles. The molecule has 1 amide bonds. The number of amides is 1. The minimum Gasteiger partial charge on any atom is -0.368 e. The third kappa shape index (κ3) is 2.92. The van der Waals surface area contributed by atoms with Gasteiger partial charge in [-0.2, -0.15) is 0 Å². The molecule has 1 aromatic heterocycles. The highest BCUT2D eigenvalue weighted by Gasteiger charge is 2.36. The van der Waals surface area contributed by atoms with E-state index in [-0.39, 0.29) is 17.6 Å². The Morgan fingerprint density at radius 2 is 2.44 bits per heavy atom. The van der Waals surface area contributed by atoms with Gasteiger partial charge in [-0.25, -0.2) is 4.98 Å². The smallest absolute Gasteiger partial charge is 0.266 e. The van der Waals surface area contributed by atoms with E-state index in [0.717, 1.165) is 15.9 Å². The summed E-state index contributed by atoms with van der Waals surface area (Å²) in [5.74, 6) is 0.0670. The number of thiazole rings is 1. The minimum atomic E-state index is -0.301. The Kier molecular flexibility index (Phi) is 4.08. The molecular weight excluding hydrogens is 316 g/mol. The first-order valence-corrected chi connectivity index (χ1v) is 7.86. The van der Waals surface area contributed by atoms with E-state index in [1.165, 1.54) is 11.3 Å². The number of hydrogen-bond donors (Lipinski definition) is 0. The zero-order chi connectivity index (χ0) is 13.3. The molecule has 0 aliphatic carbocycles. The molecule has 6 heteroatoms. The number of nitrogens with zero attached hydrogens (tertiary/aromatic N) is 2. The van der Waals surface area contributed by atoms with Crippen molar-refractivity contribution in [3.05, 3.63) is 16.1 Å². The highest BCUT2D eigenvalue weighted by Crippen LogP contribution is 2.25. The molecule has 0 spiro atoms. The monoisotopic (exact) mass is 332 g/mol. The third-order valence-corrected chi connectivity index (χ3v) is 4.52. The van der Waals surface area contributed by atoms with Crippen molar-refractivity contribution in [3.63, 3.8) is 0 Å². The predicted molar refractivity (Wildman–Crippen MR) is 75.5 cm³/mol. The van der Waals surface area contributed by atoms with Gasteiger partial charge in [-0.05, 0) is 20.8 Å². The molecule has 18 heavy (non-hydrogen) atoms. The molecule has 0 N–H and O–H groups in total. The molecular formula is C12H17BrN2O2S. The molecule has 1 aliphatic heterocycles. The molecule has 4 nitrogen and oxygen atoms in total. The van der Waals surface area contributed by atoms with E-state index in [1.54, 1.807) is 5.51 Å². The van der Waals surface area contributed by atoms with Crippen LogP contribution in [0.15, 0.2) is 5.51 Å². The Labute approximate surface area is 119 Å². The van der Waals surface area contributed by atoms with E-state index in [9.17, 15) is 4.79 Å². The number of carbonyl (C=O) groups is 1. The maximum atomic E-state index is 12.5. The van der Waals surface area contributed by atoms with Crippen molar-refractivity contribution in [1.29, 1.82) is 0 Å². The van der Waals surface area contributed by atoms with Gasteiger partial charge in [0.15, 0.2) is 0 Å². The second kappa shape index (κ2) is 5.27. The number of halogens is 1. The van der Waals surface area contributed by atoms with Gasteiger partial charge in [0, 0.05) is 18.4 Å². The van der Waals surface area contributed by atoms with Crippen LogP contribution in [0, 0.1) is 6.92 Å². The SMILES string of the molecule is Cc1ncsc1C(=O)N1CC(CBr)OC(C)(C)C1. The van der Waals surface area contributed by atoms with E-state index in [0.29, 0.717) is 13.1 Å². The molecule has 1 aliphatic rings. The highest BCUT2D eigenvalue weighted by atomic mass is 79.9. The molecule has 1 atom stereocenters. The number of hydrogen-bond acceptors (Lipinski definition) is 4. The second-order valence-electron chi connectivity index (χ2n) is 5.11. The van der Waals surface area contributed by atoms with Crippen LogP contribution in [0.4, 0.5) is 0 Å². The normalized spacial score (nSPS) is 23.1. The van der Waals surface area contributed by atoms with Crippen LogP contribution in [-0.2, 0) is 4.74 Å². The van der Waals surface area contributed by atoms with Gasteiger partial charge in [0.1, 0.15) is 4.88 Å². The van der Waals surface area contributed by atoms with E-state index in [4.69, 9.17) is 4.74 Å². The zero-order valence-corrected chi connectivity index (χ0v) is 13.2. The van der Waals surface area contributed by atoms with Crippen molar-refractivity contribution in [2.45, 2.75) is 32.5 Å². The van der Waals surface area contributed by atoms with E-state index < -0.39 is 0 Å². The summed E-state index contributed by atoms with van der Waals surface area (Å²) in [7, 11) is 0.